The van der Waals surface area contributed by atoms with E-state index in [0.717, 1.165) is 31.8 Å². The lowest BCUT2D eigenvalue weighted by molar-refractivity contribution is 0.0229. The molecule has 1 aliphatic carbocycles. The Morgan fingerprint density at radius 2 is 1.82 bits per heavy atom. The number of likely N-dealkylation sites (tertiary alicyclic amines) is 1. The number of hydrogen-bond donors (Lipinski definition) is 1. The molecule has 0 aromatic heterocycles. The lowest BCUT2D eigenvalue weighted by atomic mass is 9.96. The molecule has 1 saturated carbocycles. The number of nitrogens with zero attached hydrogens (tertiary/aromatic N) is 2. The summed E-state index contributed by atoms with van der Waals surface area (Å²) < 4.78 is 0. The molecule has 3 heteroatoms. The van der Waals surface area contributed by atoms with E-state index in [2.05, 4.69) is 23.9 Å². The van der Waals surface area contributed by atoms with Gasteiger partial charge >= 0.3 is 0 Å². The van der Waals surface area contributed by atoms with Gasteiger partial charge in [0.25, 0.3) is 0 Å². The second-order valence-electron chi connectivity index (χ2n) is 6.20. The van der Waals surface area contributed by atoms with Gasteiger partial charge in [0, 0.05) is 12.6 Å². The molecule has 100 valence electrons. The molecule has 2 aliphatic rings. The zero-order valence-electron chi connectivity index (χ0n) is 11.5. The summed E-state index contributed by atoms with van der Waals surface area (Å²) in [6.45, 7) is 3.50. The van der Waals surface area contributed by atoms with E-state index in [1.165, 1.54) is 38.8 Å². The van der Waals surface area contributed by atoms with Crippen molar-refractivity contribution in [1.82, 2.24) is 9.80 Å². The van der Waals surface area contributed by atoms with Crippen molar-refractivity contribution in [2.24, 2.45) is 0 Å². The van der Waals surface area contributed by atoms with E-state index in [0.29, 0.717) is 0 Å². The first-order chi connectivity index (χ1) is 8.09. The largest absolute Gasteiger partial charge is 0.390 e. The first-order valence-electron chi connectivity index (χ1n) is 7.20. The molecule has 0 unspecified atom stereocenters. The summed E-state index contributed by atoms with van der Waals surface area (Å²) in [7, 11) is 4.44. The van der Waals surface area contributed by atoms with Gasteiger partial charge in [-0.05, 0) is 59.3 Å². The first kappa shape index (κ1) is 13.3. The number of aliphatic hydroxyl groups is 1. The summed E-state index contributed by atoms with van der Waals surface area (Å²) in [5, 5.41) is 10.3. The van der Waals surface area contributed by atoms with Crippen LogP contribution in [0.15, 0.2) is 0 Å². The molecule has 1 heterocycles. The van der Waals surface area contributed by atoms with Crippen molar-refractivity contribution < 1.29 is 5.11 Å². The maximum Gasteiger partial charge on any atom is 0.0660 e. The van der Waals surface area contributed by atoms with Gasteiger partial charge in [0.2, 0.25) is 0 Å². The van der Waals surface area contributed by atoms with Gasteiger partial charge in [-0.3, -0.25) is 0 Å². The Morgan fingerprint density at radius 3 is 2.41 bits per heavy atom. The van der Waals surface area contributed by atoms with Crippen LogP contribution in [0.1, 0.15) is 44.9 Å². The summed E-state index contributed by atoms with van der Waals surface area (Å²) in [5.74, 6) is 0. The molecule has 0 aromatic carbocycles. The van der Waals surface area contributed by atoms with E-state index >= 15 is 0 Å². The molecule has 0 bridgehead atoms. The third-order valence-electron chi connectivity index (χ3n) is 4.78. The van der Waals surface area contributed by atoms with Crippen LogP contribution >= 0.6 is 0 Å². The fourth-order valence-electron chi connectivity index (χ4n) is 3.29. The Morgan fingerprint density at radius 1 is 1.24 bits per heavy atom. The Balaban J connectivity index is 1.71. The highest BCUT2D eigenvalue weighted by atomic mass is 16.3. The second kappa shape index (κ2) is 5.68. The lowest BCUT2D eigenvalue weighted by Gasteiger charge is -2.36. The average molecular weight is 240 g/mol. The van der Waals surface area contributed by atoms with Crippen LogP contribution < -0.4 is 0 Å². The molecule has 17 heavy (non-hydrogen) atoms. The van der Waals surface area contributed by atoms with Gasteiger partial charge in [0.15, 0.2) is 0 Å². The molecular weight excluding hydrogens is 212 g/mol. The molecule has 0 atom stereocenters. The Kier molecular flexibility index (Phi) is 4.45. The topological polar surface area (TPSA) is 26.7 Å². The molecule has 2 fully saturated rings. The maximum atomic E-state index is 10.3. The molecule has 2 rings (SSSR count). The smallest absolute Gasteiger partial charge is 0.0660 e. The van der Waals surface area contributed by atoms with Crippen LogP contribution in [0.5, 0.6) is 0 Å². The van der Waals surface area contributed by atoms with Crippen LogP contribution in [0.2, 0.25) is 0 Å². The predicted molar refractivity (Wildman–Crippen MR) is 71.2 cm³/mol. The zero-order valence-corrected chi connectivity index (χ0v) is 11.5. The van der Waals surface area contributed by atoms with Crippen LogP contribution in [0.25, 0.3) is 0 Å². The van der Waals surface area contributed by atoms with Gasteiger partial charge in [0.1, 0.15) is 0 Å². The van der Waals surface area contributed by atoms with Crippen LogP contribution in [-0.4, -0.2) is 60.3 Å². The normalized spacial score (nSPS) is 26.8. The van der Waals surface area contributed by atoms with Gasteiger partial charge in [-0.1, -0.05) is 12.8 Å². The molecule has 0 spiro atoms. The molecule has 0 aromatic rings. The monoisotopic (exact) mass is 240 g/mol. The second-order valence-corrected chi connectivity index (χ2v) is 6.20. The van der Waals surface area contributed by atoms with Gasteiger partial charge in [-0.15, -0.1) is 0 Å². The fourth-order valence-corrected chi connectivity index (χ4v) is 3.29. The van der Waals surface area contributed by atoms with Crippen molar-refractivity contribution >= 4 is 0 Å². The number of rotatable bonds is 4. The highest BCUT2D eigenvalue weighted by molar-refractivity contribution is 4.86. The minimum absolute atomic E-state index is 0.334. The van der Waals surface area contributed by atoms with E-state index in [-0.39, 0.29) is 5.60 Å². The van der Waals surface area contributed by atoms with E-state index < -0.39 is 0 Å². The highest BCUT2D eigenvalue weighted by Crippen LogP contribution is 2.32. The van der Waals surface area contributed by atoms with Gasteiger partial charge in [0.05, 0.1) is 5.60 Å². The maximum absolute atomic E-state index is 10.3. The van der Waals surface area contributed by atoms with E-state index in [1.807, 2.05) is 0 Å². The van der Waals surface area contributed by atoms with Gasteiger partial charge in [-0.2, -0.15) is 0 Å². The highest BCUT2D eigenvalue weighted by Gasteiger charge is 2.31. The lowest BCUT2D eigenvalue weighted by Crippen LogP contribution is -2.43. The molecule has 1 N–H and O–H groups in total. The minimum Gasteiger partial charge on any atom is -0.390 e. The number of piperidine rings is 1. The van der Waals surface area contributed by atoms with Crippen molar-refractivity contribution in [2.75, 3.05) is 33.7 Å². The van der Waals surface area contributed by atoms with Crippen LogP contribution in [0.3, 0.4) is 0 Å². The SMILES string of the molecule is CN1CCC(N(C)CCC2(O)CCCC2)CC1. The summed E-state index contributed by atoms with van der Waals surface area (Å²) in [6, 6.07) is 0.733. The van der Waals surface area contributed by atoms with Crippen molar-refractivity contribution in [3.8, 4) is 0 Å². The predicted octanol–water partition coefficient (Wildman–Crippen LogP) is 1.71. The molecular formula is C14H28N2O. The van der Waals surface area contributed by atoms with E-state index in [4.69, 9.17) is 0 Å². The molecule has 1 saturated heterocycles. The van der Waals surface area contributed by atoms with Crippen molar-refractivity contribution in [1.29, 1.82) is 0 Å². The Hall–Kier alpha value is -0.120. The average Bonchev–Trinajstić information content (AvgIpc) is 2.75. The summed E-state index contributed by atoms with van der Waals surface area (Å²) in [5.41, 5.74) is -0.334. The van der Waals surface area contributed by atoms with Gasteiger partial charge in [-0.25, -0.2) is 0 Å². The first-order valence-corrected chi connectivity index (χ1v) is 7.20. The molecule has 1 aliphatic heterocycles. The standard InChI is InChI=1S/C14H28N2O/c1-15-10-5-13(6-11-15)16(2)12-9-14(17)7-3-4-8-14/h13,17H,3-12H2,1-2H3. The molecule has 0 radical (unpaired) electrons. The quantitative estimate of drug-likeness (QED) is 0.810. The zero-order chi connectivity index (χ0) is 12.3. The molecule has 0 amide bonds. The van der Waals surface area contributed by atoms with Crippen molar-refractivity contribution in [3.05, 3.63) is 0 Å². The third-order valence-corrected chi connectivity index (χ3v) is 4.78. The third kappa shape index (κ3) is 3.67. The van der Waals surface area contributed by atoms with E-state index in [1.54, 1.807) is 0 Å². The Labute approximate surface area is 106 Å². The van der Waals surface area contributed by atoms with Crippen molar-refractivity contribution in [2.45, 2.75) is 56.6 Å². The van der Waals surface area contributed by atoms with Crippen LogP contribution in [0, 0.1) is 0 Å². The van der Waals surface area contributed by atoms with Gasteiger partial charge < -0.3 is 14.9 Å². The van der Waals surface area contributed by atoms with Crippen LogP contribution in [0.4, 0.5) is 0 Å². The summed E-state index contributed by atoms with van der Waals surface area (Å²) >= 11 is 0. The fraction of sp³-hybridized carbons (Fsp3) is 1.00. The van der Waals surface area contributed by atoms with Crippen molar-refractivity contribution in [3.63, 3.8) is 0 Å². The van der Waals surface area contributed by atoms with E-state index in [9.17, 15) is 5.11 Å². The molecule has 3 nitrogen and oxygen atoms in total. The summed E-state index contributed by atoms with van der Waals surface area (Å²) in [4.78, 5) is 4.89. The Bertz CT molecular complexity index is 230. The minimum atomic E-state index is -0.334. The van der Waals surface area contributed by atoms with Crippen LogP contribution in [-0.2, 0) is 0 Å². The number of hydrogen-bond acceptors (Lipinski definition) is 3. The summed E-state index contributed by atoms with van der Waals surface area (Å²) in [6.07, 6.45) is 8.01.